The molecule has 0 bridgehead atoms. The summed E-state index contributed by atoms with van der Waals surface area (Å²) in [7, 11) is -8.50. The summed E-state index contributed by atoms with van der Waals surface area (Å²) in [6.07, 6.45) is -0.00702. The molecule has 0 saturated heterocycles. The lowest BCUT2D eigenvalue weighted by Gasteiger charge is -2.46. The molecule has 0 N–H and O–H groups in total. The minimum atomic E-state index is -2.91. The molecule has 0 fully saturated rings. The average Bonchev–Trinajstić information content (AvgIpc) is 2.27. The Morgan fingerprint density at radius 3 is 1.32 bits per heavy atom. The fourth-order valence-corrected chi connectivity index (χ4v) is 17.1. The van der Waals surface area contributed by atoms with E-state index in [0.29, 0.717) is 6.61 Å². The largest absolute Gasteiger partial charge is 0.475 e. The van der Waals surface area contributed by atoms with Crippen LogP contribution in [0.1, 0.15) is 20.8 Å². The first-order valence-electron chi connectivity index (χ1n) is 9.23. The standard InChI is InChI=1S/C17H42O4Si4/c1-15(2)14-18-16(3)17(4)25(19-22(5,6)7,20-23(8,9)10)21-24(11,12)13/h16-17H,1,14H2,2-13H3. The molecule has 8 heteroatoms. The van der Waals surface area contributed by atoms with Crippen LogP contribution in [0.4, 0.5) is 0 Å². The van der Waals surface area contributed by atoms with Gasteiger partial charge in [0, 0.05) is 0 Å². The molecule has 25 heavy (non-hydrogen) atoms. The van der Waals surface area contributed by atoms with Gasteiger partial charge in [-0.3, -0.25) is 0 Å². The predicted molar refractivity (Wildman–Crippen MR) is 119 cm³/mol. The van der Waals surface area contributed by atoms with Crippen LogP contribution in [0.2, 0.25) is 64.5 Å². The number of hydrogen-bond acceptors (Lipinski definition) is 4. The van der Waals surface area contributed by atoms with Crippen molar-refractivity contribution in [2.75, 3.05) is 6.61 Å². The average molecular weight is 423 g/mol. The van der Waals surface area contributed by atoms with Gasteiger partial charge in [-0.1, -0.05) is 19.1 Å². The van der Waals surface area contributed by atoms with Gasteiger partial charge in [0.05, 0.1) is 18.3 Å². The Bertz CT molecular complexity index is 395. The third-order valence-corrected chi connectivity index (χ3v) is 15.5. The first-order valence-corrected chi connectivity index (χ1v) is 21.3. The molecule has 0 aromatic rings. The summed E-state index contributed by atoms with van der Waals surface area (Å²) in [6.45, 7) is 30.7. The van der Waals surface area contributed by atoms with Crippen molar-refractivity contribution < 1.29 is 17.1 Å². The molecule has 0 aliphatic heterocycles. The minimum Gasteiger partial charge on any atom is -0.417 e. The highest BCUT2D eigenvalue weighted by Gasteiger charge is 2.55. The Balaban J connectivity index is 5.89. The Morgan fingerprint density at radius 2 is 1.08 bits per heavy atom. The summed E-state index contributed by atoms with van der Waals surface area (Å²) >= 11 is 0. The highest BCUT2D eigenvalue weighted by molar-refractivity contribution is 6.90. The summed E-state index contributed by atoms with van der Waals surface area (Å²) in [4.78, 5) is 0. The molecule has 0 aliphatic rings. The molecule has 0 aliphatic carbocycles. The van der Waals surface area contributed by atoms with Gasteiger partial charge in [0.1, 0.15) is 0 Å². The predicted octanol–water partition coefficient (Wildman–Crippen LogP) is 5.85. The summed E-state index contributed by atoms with van der Waals surface area (Å²) in [5.41, 5.74) is 1.10. The third kappa shape index (κ3) is 11.0. The lowest BCUT2D eigenvalue weighted by Crippen LogP contribution is -2.64. The van der Waals surface area contributed by atoms with Gasteiger partial charge in [0.15, 0.2) is 25.0 Å². The van der Waals surface area contributed by atoms with Gasteiger partial charge in [-0.25, -0.2) is 0 Å². The molecule has 2 atom stereocenters. The fraction of sp³-hybridized carbons (Fsp3) is 0.882. The number of ether oxygens (including phenoxy) is 1. The summed E-state index contributed by atoms with van der Waals surface area (Å²) in [5.74, 6) is 0. The van der Waals surface area contributed by atoms with E-state index in [9.17, 15) is 0 Å². The van der Waals surface area contributed by atoms with Crippen molar-refractivity contribution in [3.8, 4) is 0 Å². The summed E-state index contributed by atoms with van der Waals surface area (Å²) in [6, 6.07) is 0. The van der Waals surface area contributed by atoms with Crippen molar-refractivity contribution in [1.82, 2.24) is 0 Å². The molecule has 0 spiro atoms. The van der Waals surface area contributed by atoms with Crippen molar-refractivity contribution in [1.29, 1.82) is 0 Å². The van der Waals surface area contributed by atoms with Crippen molar-refractivity contribution in [3.05, 3.63) is 12.2 Å². The van der Waals surface area contributed by atoms with Crippen molar-refractivity contribution in [3.63, 3.8) is 0 Å². The summed E-state index contributed by atoms with van der Waals surface area (Å²) < 4.78 is 26.4. The SMILES string of the molecule is C=C(C)COC(C)C(C)[Si](O[Si](C)(C)C)(O[Si](C)(C)C)O[Si](C)(C)C. The maximum atomic E-state index is 6.77. The van der Waals surface area contributed by atoms with Gasteiger partial charge in [0.25, 0.3) is 0 Å². The van der Waals surface area contributed by atoms with Gasteiger partial charge < -0.3 is 17.1 Å². The lowest BCUT2D eigenvalue weighted by atomic mass is 10.3. The maximum absolute atomic E-state index is 6.77. The zero-order chi connectivity index (χ0) is 20.3. The first kappa shape index (κ1) is 25.4. The van der Waals surface area contributed by atoms with Gasteiger partial charge >= 0.3 is 8.80 Å². The van der Waals surface area contributed by atoms with Crippen LogP contribution in [0.15, 0.2) is 12.2 Å². The first-order chi connectivity index (χ1) is 10.9. The van der Waals surface area contributed by atoms with Crippen molar-refractivity contribution in [2.24, 2.45) is 0 Å². The van der Waals surface area contributed by atoms with Crippen LogP contribution in [0.25, 0.3) is 0 Å². The van der Waals surface area contributed by atoms with E-state index >= 15 is 0 Å². The van der Waals surface area contributed by atoms with Gasteiger partial charge in [0.2, 0.25) is 0 Å². The van der Waals surface area contributed by atoms with E-state index < -0.39 is 33.8 Å². The van der Waals surface area contributed by atoms with E-state index in [1.165, 1.54) is 0 Å². The van der Waals surface area contributed by atoms with Crippen molar-refractivity contribution >= 4 is 33.8 Å². The minimum absolute atomic E-state index is 0.00702. The molecule has 0 heterocycles. The maximum Gasteiger partial charge on any atom is 0.475 e. The van der Waals surface area contributed by atoms with Gasteiger partial charge in [-0.2, -0.15) is 0 Å². The summed E-state index contributed by atoms with van der Waals surface area (Å²) in [5, 5.41) is 0. The molecule has 0 rings (SSSR count). The van der Waals surface area contributed by atoms with Crippen LogP contribution in [-0.4, -0.2) is 46.5 Å². The highest BCUT2D eigenvalue weighted by atomic mass is 28.5. The van der Waals surface area contributed by atoms with E-state index in [0.717, 1.165) is 5.57 Å². The Labute approximate surface area is 161 Å². The molecule has 150 valence electrons. The Hall–Kier alpha value is 0.448. The molecule has 0 saturated carbocycles. The molecule has 4 nitrogen and oxygen atoms in total. The Morgan fingerprint density at radius 1 is 0.760 bits per heavy atom. The highest BCUT2D eigenvalue weighted by Crippen LogP contribution is 2.37. The quantitative estimate of drug-likeness (QED) is 0.309. The Kier molecular flexibility index (Phi) is 9.26. The number of hydrogen-bond donors (Lipinski definition) is 0. The van der Waals surface area contributed by atoms with Crippen LogP contribution < -0.4 is 0 Å². The van der Waals surface area contributed by atoms with Crippen LogP contribution >= 0.6 is 0 Å². The normalized spacial score (nSPS) is 16.6. The molecular weight excluding hydrogens is 381 g/mol. The fourth-order valence-electron chi connectivity index (χ4n) is 2.33. The van der Waals surface area contributed by atoms with Crippen LogP contribution in [0.5, 0.6) is 0 Å². The topological polar surface area (TPSA) is 36.9 Å². The molecule has 0 radical (unpaired) electrons. The van der Waals surface area contributed by atoms with E-state index in [2.05, 4.69) is 79.3 Å². The second kappa shape index (κ2) is 9.09. The van der Waals surface area contributed by atoms with E-state index in [1.807, 2.05) is 6.92 Å². The van der Waals surface area contributed by atoms with E-state index in [-0.39, 0.29) is 11.6 Å². The zero-order valence-electron chi connectivity index (χ0n) is 18.7. The van der Waals surface area contributed by atoms with Gasteiger partial charge in [-0.05, 0) is 72.8 Å². The molecule has 0 aromatic heterocycles. The molecule has 2 unspecified atom stereocenters. The third-order valence-electron chi connectivity index (χ3n) is 3.20. The van der Waals surface area contributed by atoms with Gasteiger partial charge in [-0.15, -0.1) is 0 Å². The van der Waals surface area contributed by atoms with Crippen LogP contribution in [0.3, 0.4) is 0 Å². The van der Waals surface area contributed by atoms with Crippen LogP contribution in [0, 0.1) is 0 Å². The van der Waals surface area contributed by atoms with Crippen molar-refractivity contribution in [2.45, 2.75) is 91.3 Å². The lowest BCUT2D eigenvalue weighted by molar-refractivity contribution is 0.0630. The monoisotopic (exact) mass is 422 g/mol. The zero-order valence-corrected chi connectivity index (χ0v) is 22.7. The van der Waals surface area contributed by atoms with Crippen LogP contribution in [-0.2, 0) is 17.1 Å². The van der Waals surface area contributed by atoms with E-state index in [4.69, 9.17) is 17.1 Å². The smallest absolute Gasteiger partial charge is 0.417 e. The number of rotatable bonds is 11. The second-order valence-electron chi connectivity index (χ2n) is 10.0. The molecule has 0 amide bonds. The second-order valence-corrected chi connectivity index (χ2v) is 27.3. The van der Waals surface area contributed by atoms with E-state index in [1.54, 1.807) is 0 Å². The molecular formula is C17H42O4Si4. The molecule has 0 aromatic carbocycles.